The fourth-order valence-electron chi connectivity index (χ4n) is 1.88. The number of carboxylic acid groups (broad SMARTS) is 1. The fraction of sp³-hybridized carbons (Fsp3) is 0.263. The molecule has 0 saturated carbocycles. The molecule has 0 N–H and O–H groups in total. The lowest BCUT2D eigenvalue weighted by atomic mass is 10.1. The van der Waals surface area contributed by atoms with E-state index in [2.05, 4.69) is 4.74 Å². The van der Waals surface area contributed by atoms with Crippen molar-refractivity contribution in [1.29, 1.82) is 0 Å². The molecule has 4 nitrogen and oxygen atoms in total. The van der Waals surface area contributed by atoms with Gasteiger partial charge in [-0.1, -0.05) is 60.7 Å². The summed E-state index contributed by atoms with van der Waals surface area (Å²) in [5.74, 6) is -1.15. The number of carbonyl (C=O) groups excluding carboxylic acids is 2. The van der Waals surface area contributed by atoms with Gasteiger partial charge >= 0.3 is 5.97 Å². The summed E-state index contributed by atoms with van der Waals surface area (Å²) < 4.78 is 4.53. The second-order valence-corrected chi connectivity index (χ2v) is 4.92. The van der Waals surface area contributed by atoms with Gasteiger partial charge in [0.05, 0.1) is 7.11 Å². The largest absolute Gasteiger partial charge is 0.550 e. The molecule has 0 aliphatic heterocycles. The van der Waals surface area contributed by atoms with Gasteiger partial charge < -0.3 is 14.6 Å². The van der Waals surface area contributed by atoms with Crippen LogP contribution >= 0.6 is 0 Å². The third-order valence-electron chi connectivity index (χ3n) is 3.15. The van der Waals surface area contributed by atoms with Crippen LogP contribution in [0.1, 0.15) is 24.0 Å². The third kappa shape index (κ3) is 9.09. The Morgan fingerprint density at radius 3 is 1.65 bits per heavy atom. The zero-order valence-electron chi connectivity index (χ0n) is 13.2. The Morgan fingerprint density at radius 2 is 1.26 bits per heavy atom. The molecule has 0 heterocycles. The number of rotatable bonds is 6. The van der Waals surface area contributed by atoms with E-state index in [-0.39, 0.29) is 12.4 Å². The van der Waals surface area contributed by atoms with Gasteiger partial charge in [0.1, 0.15) is 0 Å². The van der Waals surface area contributed by atoms with Crippen molar-refractivity contribution in [1.82, 2.24) is 0 Å². The molecule has 0 aliphatic carbocycles. The van der Waals surface area contributed by atoms with Crippen molar-refractivity contribution < 1.29 is 19.4 Å². The first-order chi connectivity index (χ1) is 11.1. The van der Waals surface area contributed by atoms with Crippen LogP contribution in [0.2, 0.25) is 0 Å². The number of methoxy groups -OCH3 is 1. The van der Waals surface area contributed by atoms with Crippen molar-refractivity contribution in [2.75, 3.05) is 7.11 Å². The number of carbonyl (C=O) groups is 2. The molecule has 0 fully saturated rings. The van der Waals surface area contributed by atoms with Crippen molar-refractivity contribution >= 4 is 11.9 Å². The van der Waals surface area contributed by atoms with Crippen molar-refractivity contribution in [3.05, 3.63) is 71.8 Å². The Kier molecular flexibility index (Phi) is 8.83. The number of hydrogen-bond donors (Lipinski definition) is 0. The lowest BCUT2D eigenvalue weighted by Gasteiger charge is -2.00. The van der Waals surface area contributed by atoms with Gasteiger partial charge in [-0.3, -0.25) is 4.79 Å². The lowest BCUT2D eigenvalue weighted by Crippen LogP contribution is -2.22. The Labute approximate surface area is 136 Å². The topological polar surface area (TPSA) is 66.4 Å². The number of hydrogen-bond acceptors (Lipinski definition) is 4. The van der Waals surface area contributed by atoms with Crippen molar-refractivity contribution in [2.24, 2.45) is 0 Å². The number of esters is 1. The molecule has 0 unspecified atom stereocenters. The Balaban J connectivity index is 0.000000231. The molecule has 4 heteroatoms. The predicted molar refractivity (Wildman–Crippen MR) is 86.5 cm³/mol. The average molecular weight is 313 g/mol. The van der Waals surface area contributed by atoms with Crippen LogP contribution in [-0.4, -0.2) is 19.0 Å². The minimum absolute atomic E-state index is 0.101. The highest BCUT2D eigenvalue weighted by Crippen LogP contribution is 2.02. The van der Waals surface area contributed by atoms with Gasteiger partial charge in [0, 0.05) is 12.4 Å². The maximum absolute atomic E-state index is 10.8. The lowest BCUT2D eigenvalue weighted by molar-refractivity contribution is -0.305. The Bertz CT molecular complexity index is 579. The second-order valence-electron chi connectivity index (χ2n) is 4.92. The van der Waals surface area contributed by atoms with Crippen molar-refractivity contribution in [3.8, 4) is 0 Å². The van der Waals surface area contributed by atoms with Crippen LogP contribution in [0.15, 0.2) is 60.7 Å². The monoisotopic (exact) mass is 313 g/mol. The van der Waals surface area contributed by atoms with Gasteiger partial charge in [0.25, 0.3) is 0 Å². The van der Waals surface area contributed by atoms with E-state index in [1.54, 1.807) is 0 Å². The summed E-state index contributed by atoms with van der Waals surface area (Å²) in [6.07, 6.45) is 1.88. The van der Waals surface area contributed by atoms with Crippen LogP contribution in [-0.2, 0) is 27.2 Å². The van der Waals surface area contributed by atoms with Gasteiger partial charge in [-0.05, 0) is 30.4 Å². The maximum atomic E-state index is 10.8. The molecule has 122 valence electrons. The van der Waals surface area contributed by atoms with Gasteiger partial charge in [-0.25, -0.2) is 0 Å². The summed E-state index contributed by atoms with van der Waals surface area (Å²) in [5, 5.41) is 10.1. The smallest absolute Gasteiger partial charge is 0.305 e. The van der Waals surface area contributed by atoms with E-state index >= 15 is 0 Å². The Hall–Kier alpha value is -2.62. The molecule has 0 bridgehead atoms. The summed E-state index contributed by atoms with van der Waals surface area (Å²) in [4.78, 5) is 20.8. The molecule has 0 radical (unpaired) electrons. The van der Waals surface area contributed by atoms with Gasteiger partial charge in [0.2, 0.25) is 0 Å². The molecular formula is C19H21O4-. The van der Waals surface area contributed by atoms with Gasteiger partial charge in [-0.2, -0.15) is 0 Å². The highest BCUT2D eigenvalue weighted by Gasteiger charge is 1.99. The number of ether oxygens (including phenoxy) is 1. The first kappa shape index (κ1) is 18.4. The molecule has 0 atom stereocenters. The number of benzene rings is 2. The first-order valence-electron chi connectivity index (χ1n) is 7.46. The van der Waals surface area contributed by atoms with E-state index in [9.17, 15) is 14.7 Å². The predicted octanol–water partition coefficient (Wildman–Crippen LogP) is 2.16. The summed E-state index contributed by atoms with van der Waals surface area (Å²) in [7, 11) is 1.41. The van der Waals surface area contributed by atoms with E-state index in [0.29, 0.717) is 12.8 Å². The van der Waals surface area contributed by atoms with Crippen LogP contribution in [0, 0.1) is 0 Å². The van der Waals surface area contributed by atoms with Crippen molar-refractivity contribution in [3.63, 3.8) is 0 Å². The van der Waals surface area contributed by atoms with E-state index < -0.39 is 5.97 Å². The molecule has 0 saturated heterocycles. The molecule has 0 aromatic heterocycles. The molecular weight excluding hydrogens is 292 g/mol. The van der Waals surface area contributed by atoms with Crippen LogP contribution in [0.25, 0.3) is 0 Å². The minimum Gasteiger partial charge on any atom is -0.550 e. The summed E-state index contributed by atoms with van der Waals surface area (Å²) >= 11 is 0. The maximum Gasteiger partial charge on any atom is 0.305 e. The summed E-state index contributed by atoms with van der Waals surface area (Å²) in [6, 6.07) is 19.4. The first-order valence-corrected chi connectivity index (χ1v) is 7.46. The normalized spacial score (nSPS) is 9.43. The number of aliphatic carboxylic acids is 1. The summed E-state index contributed by atoms with van der Waals surface area (Å²) in [6.45, 7) is 0. The SMILES string of the molecule is COC(=O)CCc1ccccc1.O=C([O-])CCc1ccccc1. The molecule has 0 aliphatic rings. The standard InChI is InChI=1S/C10H12O2.C9H10O2/c1-12-10(11)8-7-9-5-3-2-4-6-9;10-9(11)7-6-8-4-2-1-3-5-8/h2-6H,7-8H2,1H3;1-5H,6-7H2,(H,10,11)/p-1. The highest BCUT2D eigenvalue weighted by atomic mass is 16.5. The molecule has 2 aromatic rings. The number of carboxylic acids is 1. The highest BCUT2D eigenvalue weighted by molar-refractivity contribution is 5.69. The van der Waals surface area contributed by atoms with E-state index in [0.717, 1.165) is 12.0 Å². The zero-order valence-corrected chi connectivity index (χ0v) is 13.2. The van der Waals surface area contributed by atoms with Crippen LogP contribution < -0.4 is 5.11 Å². The molecule has 0 amide bonds. The zero-order chi connectivity index (χ0) is 16.9. The van der Waals surface area contributed by atoms with Crippen LogP contribution in [0.4, 0.5) is 0 Å². The fourth-order valence-corrected chi connectivity index (χ4v) is 1.88. The quantitative estimate of drug-likeness (QED) is 0.767. The second kappa shape index (κ2) is 11.0. The molecule has 2 rings (SSSR count). The number of aryl methyl sites for hydroxylation is 2. The van der Waals surface area contributed by atoms with Crippen molar-refractivity contribution in [2.45, 2.75) is 25.7 Å². The van der Waals surface area contributed by atoms with E-state index in [4.69, 9.17) is 0 Å². The Morgan fingerprint density at radius 1 is 0.826 bits per heavy atom. The molecule has 23 heavy (non-hydrogen) atoms. The van der Waals surface area contributed by atoms with E-state index in [1.807, 2.05) is 60.7 Å². The van der Waals surface area contributed by atoms with E-state index in [1.165, 1.54) is 12.7 Å². The molecule has 2 aromatic carbocycles. The minimum atomic E-state index is -0.992. The third-order valence-corrected chi connectivity index (χ3v) is 3.15. The van der Waals surface area contributed by atoms with Crippen LogP contribution in [0.3, 0.4) is 0 Å². The van der Waals surface area contributed by atoms with Gasteiger partial charge in [0.15, 0.2) is 0 Å². The van der Waals surface area contributed by atoms with Crippen LogP contribution in [0.5, 0.6) is 0 Å². The average Bonchev–Trinajstić information content (AvgIpc) is 2.60. The molecule has 0 spiro atoms. The summed E-state index contributed by atoms with van der Waals surface area (Å²) in [5.41, 5.74) is 2.21. The van der Waals surface area contributed by atoms with Gasteiger partial charge in [-0.15, -0.1) is 0 Å².